The molecule has 0 aromatic carbocycles. The summed E-state index contributed by atoms with van der Waals surface area (Å²) in [5.41, 5.74) is 5.16. The number of rotatable bonds is 8. The molecular weight excluding hydrogens is 322 g/mol. The third kappa shape index (κ3) is 4.24. The Morgan fingerprint density at radius 2 is 2.04 bits per heavy atom. The van der Waals surface area contributed by atoms with Gasteiger partial charge >= 0.3 is 5.69 Å². The van der Waals surface area contributed by atoms with E-state index in [1.165, 1.54) is 4.57 Å². The normalized spacial score (nSPS) is 27.4. The lowest BCUT2D eigenvalue weighted by molar-refractivity contribution is -0.0727. The molecule has 4 atom stereocenters. The number of nitrogens with zero attached hydrogens (tertiary/aromatic N) is 2. The highest BCUT2D eigenvalue weighted by atomic mass is 32.2. The van der Waals surface area contributed by atoms with Crippen molar-refractivity contribution in [2.45, 2.75) is 22.8 Å². The van der Waals surface area contributed by atoms with Crippen molar-refractivity contribution < 1.29 is 18.9 Å². The van der Waals surface area contributed by atoms with E-state index in [1.807, 2.05) is 0 Å². The summed E-state index contributed by atoms with van der Waals surface area (Å²) in [6.07, 6.45) is 1.12. The molecule has 0 saturated carbocycles. The van der Waals surface area contributed by atoms with Crippen LogP contribution in [0.4, 0.5) is 5.82 Å². The van der Waals surface area contributed by atoms with Crippen molar-refractivity contribution >= 4 is 17.6 Å². The van der Waals surface area contributed by atoms with E-state index in [9.17, 15) is 4.79 Å². The van der Waals surface area contributed by atoms with Crippen LogP contribution in [0.3, 0.4) is 0 Å². The average molecular weight is 345 g/mol. The highest BCUT2D eigenvalue weighted by Crippen LogP contribution is 2.44. The van der Waals surface area contributed by atoms with Crippen molar-refractivity contribution in [3.8, 4) is 0 Å². The van der Waals surface area contributed by atoms with Gasteiger partial charge in [0.05, 0.1) is 25.1 Å². The molecule has 1 saturated heterocycles. The van der Waals surface area contributed by atoms with Crippen LogP contribution in [0.5, 0.6) is 0 Å². The second-order valence-electron chi connectivity index (χ2n) is 5.09. The van der Waals surface area contributed by atoms with Gasteiger partial charge in [0.15, 0.2) is 0 Å². The molecule has 1 unspecified atom stereocenters. The first kappa shape index (κ1) is 18.2. The number of methoxy groups -OCH3 is 3. The summed E-state index contributed by atoms with van der Waals surface area (Å²) in [5.74, 6) is 0.197. The standard InChI is InChI=1S/C14H23N3O5S/c1-19-6-7-22-12-11(21-3)9(8-20-2)23-13(12)17-5-4-10(15)16-14(17)18/h4-5,9,11-13H,6-8H2,1-3H3,(H2,15,16,18)/t9-,11?,12+,13-/m1/s1. The van der Waals surface area contributed by atoms with Gasteiger partial charge in [-0.3, -0.25) is 4.57 Å². The van der Waals surface area contributed by atoms with E-state index in [2.05, 4.69) is 4.98 Å². The molecule has 1 aromatic heterocycles. The van der Waals surface area contributed by atoms with Crippen LogP contribution < -0.4 is 11.4 Å². The topological polar surface area (TPSA) is 97.8 Å². The number of hydrogen-bond donors (Lipinski definition) is 1. The molecule has 23 heavy (non-hydrogen) atoms. The van der Waals surface area contributed by atoms with Crippen LogP contribution >= 0.6 is 11.8 Å². The number of hydrogen-bond acceptors (Lipinski definition) is 8. The molecule has 9 heteroatoms. The molecule has 2 rings (SSSR count). The van der Waals surface area contributed by atoms with Gasteiger partial charge in [0, 0.05) is 27.5 Å². The molecule has 0 amide bonds. The van der Waals surface area contributed by atoms with Crippen LogP contribution in [0, 0.1) is 0 Å². The molecule has 130 valence electrons. The van der Waals surface area contributed by atoms with Crippen molar-refractivity contribution in [2.75, 3.05) is 46.9 Å². The van der Waals surface area contributed by atoms with Gasteiger partial charge in [0.1, 0.15) is 23.4 Å². The molecule has 0 bridgehead atoms. The highest BCUT2D eigenvalue weighted by Gasteiger charge is 2.46. The molecule has 0 spiro atoms. The zero-order valence-electron chi connectivity index (χ0n) is 13.5. The van der Waals surface area contributed by atoms with Crippen LogP contribution in [0.25, 0.3) is 0 Å². The molecular formula is C14H23N3O5S. The van der Waals surface area contributed by atoms with E-state index in [4.69, 9.17) is 24.7 Å². The minimum atomic E-state index is -0.407. The first-order valence-corrected chi connectivity index (χ1v) is 8.19. The molecule has 2 N–H and O–H groups in total. The summed E-state index contributed by atoms with van der Waals surface area (Å²) in [7, 11) is 4.88. The molecule has 1 fully saturated rings. The molecule has 0 radical (unpaired) electrons. The van der Waals surface area contributed by atoms with Crippen molar-refractivity contribution in [3.63, 3.8) is 0 Å². The summed E-state index contributed by atoms with van der Waals surface area (Å²) < 4.78 is 23.4. The van der Waals surface area contributed by atoms with Gasteiger partial charge in [-0.25, -0.2) is 4.79 Å². The van der Waals surface area contributed by atoms with E-state index in [0.717, 1.165) is 0 Å². The lowest BCUT2D eigenvalue weighted by Crippen LogP contribution is -2.40. The first-order valence-electron chi connectivity index (χ1n) is 7.24. The van der Waals surface area contributed by atoms with Gasteiger partial charge in [0.2, 0.25) is 0 Å². The summed E-state index contributed by atoms with van der Waals surface area (Å²) in [6.45, 7) is 1.38. The maximum absolute atomic E-state index is 12.2. The van der Waals surface area contributed by atoms with Gasteiger partial charge in [-0.15, -0.1) is 11.8 Å². The van der Waals surface area contributed by atoms with Gasteiger partial charge < -0.3 is 24.7 Å². The highest BCUT2D eigenvalue weighted by molar-refractivity contribution is 8.00. The second-order valence-corrected chi connectivity index (χ2v) is 6.45. The largest absolute Gasteiger partial charge is 0.383 e. The third-order valence-electron chi connectivity index (χ3n) is 3.61. The van der Waals surface area contributed by atoms with Crippen LogP contribution in [0.2, 0.25) is 0 Å². The SMILES string of the molecule is COCCO[C@H]1C(OC)[C@@H](COC)S[C@H]1n1ccc(N)nc1=O. The molecule has 1 aliphatic rings. The summed E-state index contributed by atoms with van der Waals surface area (Å²) >= 11 is 1.57. The third-order valence-corrected chi connectivity index (χ3v) is 5.14. The number of thioether (sulfide) groups is 1. The number of ether oxygens (including phenoxy) is 4. The Hall–Kier alpha value is -1.13. The molecule has 1 aliphatic heterocycles. The van der Waals surface area contributed by atoms with Gasteiger partial charge in [0.25, 0.3) is 0 Å². The minimum Gasteiger partial charge on any atom is -0.383 e. The molecule has 0 aliphatic carbocycles. The smallest absolute Gasteiger partial charge is 0.350 e. The number of aromatic nitrogens is 2. The van der Waals surface area contributed by atoms with Crippen molar-refractivity contribution in [1.82, 2.24) is 9.55 Å². The zero-order valence-corrected chi connectivity index (χ0v) is 14.3. The fourth-order valence-electron chi connectivity index (χ4n) is 2.58. The zero-order chi connectivity index (χ0) is 16.8. The molecule has 8 nitrogen and oxygen atoms in total. The molecule has 1 aromatic rings. The van der Waals surface area contributed by atoms with Crippen molar-refractivity contribution in [3.05, 3.63) is 22.7 Å². The number of nitrogen functional groups attached to an aromatic ring is 1. The lowest BCUT2D eigenvalue weighted by Gasteiger charge is -2.25. The monoisotopic (exact) mass is 345 g/mol. The Balaban J connectivity index is 2.27. The number of nitrogens with two attached hydrogens (primary N) is 1. The van der Waals surface area contributed by atoms with Gasteiger partial charge in [-0.2, -0.15) is 4.98 Å². The predicted octanol–water partition coefficient (Wildman–Crippen LogP) is 0.133. The number of anilines is 1. The van der Waals surface area contributed by atoms with Crippen LogP contribution in [-0.4, -0.2) is 68.2 Å². The van der Waals surface area contributed by atoms with E-state index >= 15 is 0 Å². The lowest BCUT2D eigenvalue weighted by atomic mass is 10.1. The summed E-state index contributed by atoms with van der Waals surface area (Å²) in [6, 6.07) is 1.60. The first-order chi connectivity index (χ1) is 11.1. The Kier molecular flexibility index (Phi) is 6.85. The Labute approximate surface area is 139 Å². The summed E-state index contributed by atoms with van der Waals surface area (Å²) in [5, 5.41) is -0.218. The maximum atomic E-state index is 12.2. The molecule has 2 heterocycles. The van der Waals surface area contributed by atoms with E-state index < -0.39 is 5.69 Å². The van der Waals surface area contributed by atoms with E-state index in [-0.39, 0.29) is 28.6 Å². The maximum Gasteiger partial charge on any atom is 0.350 e. The second kappa shape index (κ2) is 8.65. The van der Waals surface area contributed by atoms with Gasteiger partial charge in [-0.1, -0.05) is 0 Å². The van der Waals surface area contributed by atoms with Crippen LogP contribution in [0.1, 0.15) is 5.37 Å². The van der Waals surface area contributed by atoms with E-state index in [1.54, 1.807) is 45.4 Å². The Morgan fingerprint density at radius 3 is 2.65 bits per heavy atom. The average Bonchev–Trinajstić information content (AvgIpc) is 2.85. The minimum absolute atomic E-state index is 0.0481. The van der Waals surface area contributed by atoms with Gasteiger partial charge in [-0.05, 0) is 6.07 Å². The fourth-order valence-corrected chi connectivity index (χ4v) is 4.25. The van der Waals surface area contributed by atoms with Crippen molar-refractivity contribution in [1.29, 1.82) is 0 Å². The van der Waals surface area contributed by atoms with Crippen LogP contribution in [0.15, 0.2) is 17.1 Å². The van der Waals surface area contributed by atoms with Crippen molar-refractivity contribution in [2.24, 2.45) is 0 Å². The fraction of sp³-hybridized carbons (Fsp3) is 0.714. The predicted molar refractivity (Wildman–Crippen MR) is 87.6 cm³/mol. The Bertz CT molecular complexity index is 555. The van der Waals surface area contributed by atoms with E-state index in [0.29, 0.717) is 19.8 Å². The van der Waals surface area contributed by atoms with Crippen LogP contribution in [-0.2, 0) is 18.9 Å². The quantitative estimate of drug-likeness (QED) is 0.664. The Morgan fingerprint density at radius 1 is 1.26 bits per heavy atom. The summed E-state index contributed by atoms with van der Waals surface area (Å²) in [4.78, 5) is 16.0.